The Labute approximate surface area is 180 Å². The number of esters is 2. The number of aliphatic hydroxyl groups excluding tert-OH is 6. The van der Waals surface area contributed by atoms with Crippen LogP contribution in [0.3, 0.4) is 0 Å². The predicted octanol–water partition coefficient (Wildman–Crippen LogP) is -7.24. The number of carbonyl (C=O) groups excluding carboxylic acids is 2. The summed E-state index contributed by atoms with van der Waals surface area (Å²) in [7, 11) is 0. The van der Waals surface area contributed by atoms with Crippen molar-refractivity contribution in [1.82, 2.24) is 0 Å². The van der Waals surface area contributed by atoms with Crippen molar-refractivity contribution < 1.29 is 70.9 Å². The van der Waals surface area contributed by atoms with Gasteiger partial charge in [0.15, 0.2) is 12.2 Å². The van der Waals surface area contributed by atoms with Crippen molar-refractivity contribution in [3.63, 3.8) is 0 Å². The molecule has 0 aromatic rings. The largest absolute Gasteiger partial charge is 2.00 e. The molecule has 0 fully saturated rings. The van der Waals surface area contributed by atoms with E-state index in [0.29, 0.717) is 0 Å². The molecule has 4 atom stereocenters. The predicted molar refractivity (Wildman–Crippen MR) is 78.2 cm³/mol. The fourth-order valence-electron chi connectivity index (χ4n) is 1.63. The quantitative estimate of drug-likeness (QED) is 0.180. The first kappa shape index (κ1) is 30.4. The summed E-state index contributed by atoms with van der Waals surface area (Å²) in [5, 5.41) is 73.5. The molecule has 2 aliphatic heterocycles. The number of carbonyl (C=O) groups is 2. The molecule has 0 aliphatic carbocycles. The first-order chi connectivity index (χ1) is 11.1. The Bertz CT molecular complexity index is 522. The van der Waals surface area contributed by atoms with Gasteiger partial charge in [0.2, 0.25) is 0 Å². The Morgan fingerprint density at radius 1 is 0.815 bits per heavy atom. The van der Waals surface area contributed by atoms with Crippen LogP contribution in [0.2, 0.25) is 0 Å². The van der Waals surface area contributed by atoms with Gasteiger partial charge in [-0.15, -0.1) is 0 Å². The SMILES string of the molecule is O.O.O=C1OC(C(O)CO)C(O)=C1[O-].O=C1O[C@H]([C@@H](O)CO)C(O)=C1[O-].[Ca+2]. The van der Waals surface area contributed by atoms with Gasteiger partial charge in [0, 0.05) is 11.5 Å². The molecule has 15 heteroatoms. The molecule has 14 nitrogen and oxygen atoms in total. The van der Waals surface area contributed by atoms with E-state index >= 15 is 0 Å². The summed E-state index contributed by atoms with van der Waals surface area (Å²) in [4.78, 5) is 20.9. The van der Waals surface area contributed by atoms with Crippen molar-refractivity contribution in [2.24, 2.45) is 0 Å². The normalized spacial score (nSPS) is 23.0. The zero-order chi connectivity index (χ0) is 18.6. The van der Waals surface area contributed by atoms with Crippen LogP contribution < -0.4 is 10.2 Å². The first-order valence-corrected chi connectivity index (χ1v) is 6.35. The van der Waals surface area contributed by atoms with Crippen molar-refractivity contribution in [3.8, 4) is 0 Å². The van der Waals surface area contributed by atoms with Gasteiger partial charge in [-0.1, -0.05) is 0 Å². The summed E-state index contributed by atoms with van der Waals surface area (Å²) in [6.07, 6.45) is -5.76. The molecule has 0 spiro atoms. The van der Waals surface area contributed by atoms with Gasteiger partial charge >= 0.3 is 49.7 Å². The summed E-state index contributed by atoms with van der Waals surface area (Å²) >= 11 is 0. The Morgan fingerprint density at radius 3 is 1.22 bits per heavy atom. The van der Waals surface area contributed by atoms with E-state index in [0.717, 1.165) is 0 Å². The average Bonchev–Trinajstić information content (AvgIpc) is 2.98. The van der Waals surface area contributed by atoms with Crippen LogP contribution in [-0.2, 0) is 19.1 Å². The van der Waals surface area contributed by atoms with Crippen LogP contribution in [0, 0.1) is 0 Å². The van der Waals surface area contributed by atoms with Crippen LogP contribution in [0.1, 0.15) is 0 Å². The molecule has 0 aromatic carbocycles. The zero-order valence-corrected chi connectivity index (χ0v) is 15.8. The summed E-state index contributed by atoms with van der Waals surface area (Å²) < 4.78 is 8.51. The third kappa shape index (κ3) is 6.95. The van der Waals surface area contributed by atoms with Gasteiger partial charge in [0.1, 0.15) is 23.7 Å². The van der Waals surface area contributed by atoms with Gasteiger partial charge < -0.3 is 61.3 Å². The van der Waals surface area contributed by atoms with Crippen molar-refractivity contribution >= 4 is 49.7 Å². The van der Waals surface area contributed by atoms with Crippen LogP contribution in [0.25, 0.3) is 0 Å². The fraction of sp³-hybridized carbons (Fsp3) is 0.500. The minimum Gasteiger partial charge on any atom is -0.865 e. The van der Waals surface area contributed by atoms with Crippen molar-refractivity contribution in [2.45, 2.75) is 24.4 Å². The molecule has 2 heterocycles. The molecular weight excluding hydrogens is 408 g/mol. The van der Waals surface area contributed by atoms with Crippen molar-refractivity contribution in [1.29, 1.82) is 0 Å². The van der Waals surface area contributed by atoms with Crippen LogP contribution in [-0.4, -0.2) is 129 Å². The first-order valence-electron chi connectivity index (χ1n) is 6.35. The van der Waals surface area contributed by atoms with Gasteiger partial charge in [-0.2, -0.15) is 0 Å². The average molecular weight is 426 g/mol. The number of aliphatic hydroxyl groups is 6. The standard InChI is InChI=1S/2C6H8O6.Ca.2H2O/c2*7-1-2(8)5-3(9)4(10)6(11)12-5;;;/h2*2,5,7-10H,1H2;;2*1H2/q;;+2;;/p-2/t2-,5+;;;;/m0..../s1. The van der Waals surface area contributed by atoms with E-state index in [-0.39, 0.29) is 48.7 Å². The molecule has 152 valence electrons. The van der Waals surface area contributed by atoms with Crippen molar-refractivity contribution in [3.05, 3.63) is 23.0 Å². The zero-order valence-electron chi connectivity index (χ0n) is 13.6. The molecule has 2 rings (SSSR count). The van der Waals surface area contributed by atoms with E-state index in [9.17, 15) is 19.8 Å². The van der Waals surface area contributed by atoms with Gasteiger partial charge in [0.05, 0.1) is 13.2 Å². The number of cyclic esters (lactones) is 2. The third-order valence-corrected chi connectivity index (χ3v) is 2.92. The maximum Gasteiger partial charge on any atom is 2.00 e. The van der Waals surface area contributed by atoms with Gasteiger partial charge in [-0.25, -0.2) is 9.59 Å². The van der Waals surface area contributed by atoms with Gasteiger partial charge in [-0.3, -0.25) is 0 Å². The van der Waals surface area contributed by atoms with E-state index < -0.39 is 72.6 Å². The molecule has 0 amide bonds. The van der Waals surface area contributed by atoms with E-state index in [1.165, 1.54) is 0 Å². The Morgan fingerprint density at radius 2 is 1.07 bits per heavy atom. The van der Waals surface area contributed by atoms with Gasteiger partial charge in [0.25, 0.3) is 0 Å². The molecule has 2 aliphatic rings. The van der Waals surface area contributed by atoms with Crippen LogP contribution in [0.15, 0.2) is 23.0 Å². The Balaban J connectivity index is -0.000000384. The number of hydrogen-bond acceptors (Lipinski definition) is 12. The van der Waals surface area contributed by atoms with E-state index in [4.69, 9.17) is 30.6 Å². The fourth-order valence-corrected chi connectivity index (χ4v) is 1.63. The summed E-state index contributed by atoms with van der Waals surface area (Å²) in [5.74, 6) is -6.50. The molecule has 10 N–H and O–H groups in total. The summed E-state index contributed by atoms with van der Waals surface area (Å²) in [6.45, 7) is -1.40. The molecule has 0 saturated heterocycles. The number of ether oxygens (including phenoxy) is 2. The second kappa shape index (κ2) is 12.9. The van der Waals surface area contributed by atoms with Gasteiger partial charge in [-0.05, 0) is 0 Å². The summed E-state index contributed by atoms with van der Waals surface area (Å²) in [5.41, 5.74) is 0. The Hall–Kier alpha value is -1.36. The van der Waals surface area contributed by atoms with Crippen LogP contribution in [0.4, 0.5) is 0 Å². The van der Waals surface area contributed by atoms with E-state index in [2.05, 4.69) is 9.47 Å². The molecular formula is C12H18CaO14. The van der Waals surface area contributed by atoms with Crippen LogP contribution >= 0.6 is 0 Å². The molecule has 0 saturated carbocycles. The second-order valence-electron chi connectivity index (χ2n) is 4.58. The van der Waals surface area contributed by atoms with Crippen LogP contribution in [0.5, 0.6) is 0 Å². The molecule has 0 bridgehead atoms. The second-order valence-corrected chi connectivity index (χ2v) is 4.58. The Kier molecular flexibility index (Phi) is 14.5. The molecule has 0 radical (unpaired) electrons. The van der Waals surface area contributed by atoms with E-state index in [1.807, 2.05) is 0 Å². The monoisotopic (exact) mass is 426 g/mol. The number of hydrogen-bond donors (Lipinski definition) is 6. The minimum absolute atomic E-state index is 0. The molecule has 27 heavy (non-hydrogen) atoms. The topological polar surface area (TPSA) is 283 Å². The van der Waals surface area contributed by atoms with Crippen molar-refractivity contribution in [2.75, 3.05) is 13.2 Å². The number of rotatable bonds is 4. The summed E-state index contributed by atoms with van der Waals surface area (Å²) in [6, 6.07) is 0. The maximum absolute atomic E-state index is 10.6. The maximum atomic E-state index is 10.6. The van der Waals surface area contributed by atoms with E-state index in [1.54, 1.807) is 0 Å². The molecule has 2 unspecified atom stereocenters. The third-order valence-electron chi connectivity index (χ3n) is 2.92. The minimum atomic E-state index is -1.46. The molecule has 0 aromatic heterocycles. The smallest absolute Gasteiger partial charge is 0.865 e.